The van der Waals surface area contributed by atoms with Crippen molar-refractivity contribution < 1.29 is 17.6 Å². The van der Waals surface area contributed by atoms with Gasteiger partial charge >= 0.3 is 0 Å². The Morgan fingerprint density at radius 2 is 1.51 bits per heavy atom. The van der Waals surface area contributed by atoms with Crippen molar-refractivity contribution >= 4 is 21.6 Å². The number of amides is 1. The fraction of sp³-hybridized carbons (Fsp3) is 0.231. The van der Waals surface area contributed by atoms with Gasteiger partial charge in [-0.15, -0.1) is 0 Å². The largest absolute Gasteiger partial charge is 0.337 e. The predicted octanol–water partition coefficient (Wildman–Crippen LogP) is 3.63. The Morgan fingerprint density at radius 1 is 0.914 bits per heavy atom. The number of nitrogens with one attached hydrogen (secondary N) is 1. The van der Waals surface area contributed by atoms with Crippen LogP contribution in [-0.2, 0) is 27.8 Å². The molecular weight excluding hydrogens is 467 g/mol. The van der Waals surface area contributed by atoms with Gasteiger partial charge in [0.2, 0.25) is 5.91 Å². The highest BCUT2D eigenvalue weighted by Crippen LogP contribution is 2.18. The highest BCUT2D eigenvalue weighted by molar-refractivity contribution is 7.92. The fourth-order valence-corrected chi connectivity index (χ4v) is 4.38. The van der Waals surface area contributed by atoms with E-state index in [4.69, 9.17) is 5.26 Å². The monoisotopic (exact) mass is 494 g/mol. The third kappa shape index (κ3) is 7.64. The van der Waals surface area contributed by atoms with Gasteiger partial charge < -0.3 is 9.80 Å². The molecule has 0 saturated heterocycles. The van der Waals surface area contributed by atoms with Crippen LogP contribution in [0.25, 0.3) is 0 Å². The topological polar surface area (TPSA) is 93.5 Å². The lowest BCUT2D eigenvalue weighted by atomic mass is 10.1. The lowest BCUT2D eigenvalue weighted by Gasteiger charge is -2.25. The van der Waals surface area contributed by atoms with E-state index < -0.39 is 15.8 Å². The first-order valence-electron chi connectivity index (χ1n) is 10.9. The van der Waals surface area contributed by atoms with Crippen LogP contribution in [0.2, 0.25) is 0 Å². The van der Waals surface area contributed by atoms with Crippen LogP contribution in [0.15, 0.2) is 77.7 Å². The Labute approximate surface area is 205 Å². The number of sulfonamides is 1. The maximum Gasteiger partial charge on any atom is 0.261 e. The number of likely N-dealkylation sites (N-methyl/N-ethyl adjacent to an activating group) is 1. The molecule has 35 heavy (non-hydrogen) atoms. The van der Waals surface area contributed by atoms with Gasteiger partial charge in [0.25, 0.3) is 10.0 Å². The SMILES string of the molecule is CN(C)CCN(Cc1ccc(C#N)cc1)C(=O)Cc1ccc(NS(=O)(=O)c2ccc(F)cc2)cc1. The van der Waals surface area contributed by atoms with Gasteiger partial charge in [0.05, 0.1) is 22.9 Å². The van der Waals surface area contributed by atoms with E-state index in [2.05, 4.69) is 10.8 Å². The van der Waals surface area contributed by atoms with E-state index in [1.165, 1.54) is 12.1 Å². The molecule has 1 N–H and O–H groups in total. The van der Waals surface area contributed by atoms with Crippen LogP contribution in [0.3, 0.4) is 0 Å². The van der Waals surface area contributed by atoms with Crippen molar-refractivity contribution in [2.75, 3.05) is 31.9 Å². The van der Waals surface area contributed by atoms with Crippen LogP contribution in [0.5, 0.6) is 0 Å². The summed E-state index contributed by atoms with van der Waals surface area (Å²) in [7, 11) is 0.0299. The van der Waals surface area contributed by atoms with E-state index in [9.17, 15) is 17.6 Å². The summed E-state index contributed by atoms with van der Waals surface area (Å²) in [5, 5.41) is 8.99. The van der Waals surface area contributed by atoms with Gasteiger partial charge in [-0.05, 0) is 73.8 Å². The Kier molecular flexibility index (Phi) is 8.58. The summed E-state index contributed by atoms with van der Waals surface area (Å²) in [6.45, 7) is 1.67. The molecule has 0 aromatic heterocycles. The second-order valence-electron chi connectivity index (χ2n) is 8.36. The normalized spacial score (nSPS) is 11.2. The van der Waals surface area contributed by atoms with E-state index in [-0.39, 0.29) is 17.2 Å². The van der Waals surface area contributed by atoms with E-state index >= 15 is 0 Å². The molecule has 7 nitrogen and oxygen atoms in total. The van der Waals surface area contributed by atoms with E-state index in [0.717, 1.165) is 23.3 Å². The number of carbonyl (C=O) groups is 1. The number of benzene rings is 3. The molecule has 0 aliphatic rings. The second-order valence-corrected chi connectivity index (χ2v) is 10.0. The van der Waals surface area contributed by atoms with Gasteiger partial charge in [-0.25, -0.2) is 12.8 Å². The number of hydrogen-bond acceptors (Lipinski definition) is 5. The van der Waals surface area contributed by atoms with E-state index in [0.29, 0.717) is 30.9 Å². The molecule has 0 saturated carbocycles. The first kappa shape index (κ1) is 25.9. The molecule has 0 radical (unpaired) electrons. The molecule has 0 unspecified atom stereocenters. The van der Waals surface area contributed by atoms with Crippen molar-refractivity contribution in [1.82, 2.24) is 9.80 Å². The maximum atomic E-state index is 13.1. The third-order valence-electron chi connectivity index (χ3n) is 5.31. The molecule has 0 heterocycles. The average Bonchev–Trinajstić information content (AvgIpc) is 2.83. The summed E-state index contributed by atoms with van der Waals surface area (Å²) in [6.07, 6.45) is 0.161. The van der Waals surface area contributed by atoms with Crippen LogP contribution in [0, 0.1) is 17.1 Å². The van der Waals surface area contributed by atoms with Crippen LogP contribution in [0.4, 0.5) is 10.1 Å². The quantitative estimate of drug-likeness (QED) is 0.465. The molecule has 3 aromatic carbocycles. The van der Waals surface area contributed by atoms with Crippen LogP contribution in [0.1, 0.15) is 16.7 Å². The molecule has 0 spiro atoms. The Balaban J connectivity index is 1.67. The van der Waals surface area contributed by atoms with Gasteiger partial charge in [-0.3, -0.25) is 9.52 Å². The Hall–Kier alpha value is -3.74. The molecule has 9 heteroatoms. The van der Waals surface area contributed by atoms with Crippen molar-refractivity contribution in [3.63, 3.8) is 0 Å². The van der Waals surface area contributed by atoms with Crippen molar-refractivity contribution in [2.45, 2.75) is 17.9 Å². The van der Waals surface area contributed by atoms with Crippen molar-refractivity contribution in [1.29, 1.82) is 5.26 Å². The zero-order chi connectivity index (χ0) is 25.4. The maximum absolute atomic E-state index is 13.1. The van der Waals surface area contributed by atoms with Crippen molar-refractivity contribution in [3.8, 4) is 6.07 Å². The Morgan fingerprint density at radius 3 is 2.09 bits per heavy atom. The molecule has 3 rings (SSSR count). The zero-order valence-electron chi connectivity index (χ0n) is 19.6. The molecule has 0 aliphatic heterocycles. The fourth-order valence-electron chi connectivity index (χ4n) is 3.32. The van der Waals surface area contributed by atoms with Crippen molar-refractivity contribution in [3.05, 3.63) is 95.3 Å². The summed E-state index contributed by atoms with van der Waals surface area (Å²) in [4.78, 5) is 16.8. The molecule has 0 atom stereocenters. The van der Waals surface area contributed by atoms with E-state index in [1.54, 1.807) is 41.3 Å². The highest BCUT2D eigenvalue weighted by Gasteiger charge is 2.17. The number of hydrogen-bond donors (Lipinski definition) is 1. The second kappa shape index (κ2) is 11.6. The summed E-state index contributed by atoms with van der Waals surface area (Å²) >= 11 is 0. The molecule has 1 amide bonds. The highest BCUT2D eigenvalue weighted by atomic mass is 32.2. The van der Waals surface area contributed by atoms with Crippen molar-refractivity contribution in [2.24, 2.45) is 0 Å². The molecule has 0 fully saturated rings. The van der Waals surface area contributed by atoms with Gasteiger partial charge in [-0.2, -0.15) is 5.26 Å². The van der Waals surface area contributed by atoms with Gasteiger partial charge in [0, 0.05) is 25.3 Å². The summed E-state index contributed by atoms with van der Waals surface area (Å²) in [6, 6.07) is 20.4. The predicted molar refractivity (Wildman–Crippen MR) is 132 cm³/mol. The molecular formula is C26H27FN4O3S. The summed E-state index contributed by atoms with van der Waals surface area (Å²) in [5.41, 5.74) is 2.58. The number of anilines is 1. The number of nitriles is 1. The zero-order valence-corrected chi connectivity index (χ0v) is 20.4. The number of nitrogens with zero attached hydrogens (tertiary/aromatic N) is 3. The van der Waals surface area contributed by atoms with E-state index in [1.807, 2.05) is 31.1 Å². The molecule has 182 valence electrons. The third-order valence-corrected chi connectivity index (χ3v) is 6.71. The van der Waals surface area contributed by atoms with Gasteiger partial charge in [0.15, 0.2) is 0 Å². The minimum Gasteiger partial charge on any atom is -0.337 e. The van der Waals surface area contributed by atoms with Crippen LogP contribution >= 0.6 is 0 Å². The first-order valence-corrected chi connectivity index (χ1v) is 12.4. The standard InChI is InChI=1S/C26H27FN4O3S/c1-30(2)15-16-31(19-22-5-3-21(18-28)4-6-22)26(32)17-20-7-11-24(12-8-20)29-35(33,34)25-13-9-23(27)10-14-25/h3-14,29H,15-17,19H2,1-2H3. The lowest BCUT2D eigenvalue weighted by molar-refractivity contribution is -0.131. The summed E-state index contributed by atoms with van der Waals surface area (Å²) < 4.78 is 40.5. The number of halogens is 1. The number of rotatable bonds is 10. The summed E-state index contributed by atoms with van der Waals surface area (Å²) in [5.74, 6) is -0.576. The molecule has 3 aromatic rings. The van der Waals surface area contributed by atoms with Crippen LogP contribution < -0.4 is 4.72 Å². The molecule has 0 aliphatic carbocycles. The Bertz CT molecular complexity index is 1280. The van der Waals surface area contributed by atoms with Crippen LogP contribution in [-0.4, -0.2) is 51.3 Å². The minimum absolute atomic E-state index is 0.0440. The minimum atomic E-state index is -3.85. The van der Waals surface area contributed by atoms with Gasteiger partial charge in [-0.1, -0.05) is 24.3 Å². The first-order chi connectivity index (χ1) is 16.7. The van der Waals surface area contributed by atoms with Gasteiger partial charge in [0.1, 0.15) is 5.82 Å². The lowest BCUT2D eigenvalue weighted by Crippen LogP contribution is -2.37. The molecule has 0 bridgehead atoms. The number of carbonyl (C=O) groups excluding carboxylic acids is 1. The average molecular weight is 495 g/mol. The smallest absolute Gasteiger partial charge is 0.261 e.